The van der Waals surface area contributed by atoms with E-state index >= 15 is 0 Å². The van der Waals surface area contributed by atoms with E-state index in [0.29, 0.717) is 6.42 Å². The number of Topliss-reactive ketones (excluding diaryl/α,β-unsaturated/α-hetero) is 1. The molecule has 0 saturated heterocycles. The molecule has 0 spiro atoms. The molecule has 1 N–H and O–H groups in total. The van der Waals surface area contributed by atoms with Crippen LogP contribution in [0, 0.1) is 0 Å². The number of pyridine rings is 1. The summed E-state index contributed by atoms with van der Waals surface area (Å²) < 4.78 is 0.983. The number of ketones is 1. The Hall–Kier alpha value is -2.24. The van der Waals surface area contributed by atoms with Gasteiger partial charge in [-0.1, -0.05) is 28.1 Å². The molecule has 3 rings (SSSR count). The number of benzene rings is 2. The molecular weight excluding hydrogens is 390 g/mol. The van der Waals surface area contributed by atoms with Crippen molar-refractivity contribution in [1.29, 1.82) is 0 Å². The van der Waals surface area contributed by atoms with Crippen LogP contribution in [0.1, 0.15) is 18.1 Å². The summed E-state index contributed by atoms with van der Waals surface area (Å²) in [5, 5.41) is 4.50. The maximum atomic E-state index is 11.7. The van der Waals surface area contributed by atoms with Crippen LogP contribution in [0.3, 0.4) is 0 Å². The zero-order valence-corrected chi connectivity index (χ0v) is 16.8. The number of anilines is 2. The molecule has 0 atom stereocenters. The molecule has 4 nitrogen and oxygen atoms in total. The average Bonchev–Trinajstić information content (AvgIpc) is 2.58. The highest BCUT2D eigenvalue weighted by Crippen LogP contribution is 2.31. The highest BCUT2D eigenvalue weighted by atomic mass is 79.9. The van der Waals surface area contributed by atoms with Gasteiger partial charge in [0.25, 0.3) is 0 Å². The number of halogens is 1. The van der Waals surface area contributed by atoms with E-state index in [-0.39, 0.29) is 5.78 Å². The van der Waals surface area contributed by atoms with E-state index < -0.39 is 0 Å². The van der Waals surface area contributed by atoms with Gasteiger partial charge in [-0.3, -0.25) is 9.78 Å². The Balaban J connectivity index is 2.01. The second-order valence-corrected chi connectivity index (χ2v) is 7.67. The first-order valence-electron chi connectivity index (χ1n) is 8.49. The highest BCUT2D eigenvalue weighted by molar-refractivity contribution is 9.10. The quantitative estimate of drug-likeness (QED) is 0.624. The minimum atomic E-state index is 0.116. The lowest BCUT2D eigenvalue weighted by atomic mass is 10.0. The summed E-state index contributed by atoms with van der Waals surface area (Å²) in [7, 11) is 4.11. The van der Waals surface area contributed by atoms with Crippen LogP contribution in [-0.4, -0.2) is 29.8 Å². The van der Waals surface area contributed by atoms with Crippen LogP contribution in [0.15, 0.2) is 53.1 Å². The van der Waals surface area contributed by atoms with Crippen LogP contribution in [-0.2, 0) is 17.8 Å². The van der Waals surface area contributed by atoms with Crippen molar-refractivity contribution < 1.29 is 4.79 Å². The average molecular weight is 412 g/mol. The monoisotopic (exact) mass is 411 g/mol. The van der Waals surface area contributed by atoms with E-state index in [4.69, 9.17) is 0 Å². The number of fused-ring (bicyclic) bond motifs is 1. The first-order valence-corrected chi connectivity index (χ1v) is 9.29. The van der Waals surface area contributed by atoms with E-state index in [1.807, 2.05) is 18.2 Å². The van der Waals surface area contributed by atoms with Gasteiger partial charge in [-0.25, -0.2) is 0 Å². The van der Waals surface area contributed by atoms with Crippen molar-refractivity contribution in [2.24, 2.45) is 0 Å². The van der Waals surface area contributed by atoms with Crippen molar-refractivity contribution in [1.82, 2.24) is 9.88 Å². The van der Waals surface area contributed by atoms with Crippen LogP contribution in [0.5, 0.6) is 0 Å². The fourth-order valence-electron chi connectivity index (χ4n) is 2.96. The largest absolute Gasteiger partial charge is 0.355 e. The van der Waals surface area contributed by atoms with Gasteiger partial charge in [0.1, 0.15) is 5.78 Å². The number of hydrogen-bond acceptors (Lipinski definition) is 4. The van der Waals surface area contributed by atoms with E-state index in [1.54, 1.807) is 13.1 Å². The van der Waals surface area contributed by atoms with Crippen molar-refractivity contribution in [2.45, 2.75) is 19.9 Å². The van der Waals surface area contributed by atoms with Gasteiger partial charge in [0.05, 0.1) is 11.2 Å². The normalized spacial score (nSPS) is 11.1. The molecule has 134 valence electrons. The lowest BCUT2D eigenvalue weighted by Crippen LogP contribution is -2.10. The molecule has 1 aromatic heterocycles. The van der Waals surface area contributed by atoms with Gasteiger partial charge in [-0.2, -0.15) is 0 Å². The summed E-state index contributed by atoms with van der Waals surface area (Å²) in [4.78, 5) is 18.3. The smallest absolute Gasteiger partial charge is 0.134 e. The Kier molecular flexibility index (Phi) is 5.69. The number of carbonyl (C=O) groups is 1. The Bertz CT molecular complexity index is 936. The van der Waals surface area contributed by atoms with Crippen LogP contribution >= 0.6 is 15.9 Å². The summed E-state index contributed by atoms with van der Waals surface area (Å²) in [5.74, 6) is 0.116. The lowest BCUT2D eigenvalue weighted by Gasteiger charge is -2.15. The van der Waals surface area contributed by atoms with Gasteiger partial charge in [0.15, 0.2) is 0 Å². The molecule has 0 aliphatic rings. The number of nitrogens with zero attached hydrogens (tertiary/aromatic N) is 2. The van der Waals surface area contributed by atoms with Crippen LogP contribution in [0.4, 0.5) is 11.4 Å². The molecule has 26 heavy (non-hydrogen) atoms. The minimum Gasteiger partial charge on any atom is -0.355 e. The molecule has 1 heterocycles. The van der Waals surface area contributed by atoms with Crippen molar-refractivity contribution in [3.05, 3.63) is 64.3 Å². The molecule has 0 saturated carbocycles. The zero-order chi connectivity index (χ0) is 18.7. The Morgan fingerprint density at radius 3 is 2.54 bits per heavy atom. The standard InChI is InChI=1S/C21H22BrN3O/c1-14(26)10-16-12-23-20-9-6-17(22)11-19(20)21(16)24-18-7-4-15(5-8-18)13-25(2)3/h4-9,11-12H,10,13H2,1-3H3,(H,23,24). The van der Waals surface area contributed by atoms with Gasteiger partial charge in [-0.05, 0) is 56.9 Å². The second-order valence-electron chi connectivity index (χ2n) is 6.76. The Labute approximate surface area is 162 Å². The van der Waals surface area contributed by atoms with Crippen molar-refractivity contribution in [3.63, 3.8) is 0 Å². The maximum absolute atomic E-state index is 11.7. The van der Waals surface area contributed by atoms with E-state index in [1.165, 1.54) is 5.56 Å². The number of nitrogens with one attached hydrogen (secondary N) is 1. The topological polar surface area (TPSA) is 45.2 Å². The predicted molar refractivity (Wildman–Crippen MR) is 111 cm³/mol. The van der Waals surface area contributed by atoms with Crippen molar-refractivity contribution in [3.8, 4) is 0 Å². The molecular formula is C21H22BrN3O. The third kappa shape index (κ3) is 4.48. The highest BCUT2D eigenvalue weighted by Gasteiger charge is 2.12. The first-order chi connectivity index (χ1) is 12.4. The SMILES string of the molecule is CC(=O)Cc1cnc2ccc(Br)cc2c1Nc1ccc(CN(C)C)cc1. The summed E-state index contributed by atoms with van der Waals surface area (Å²) >= 11 is 3.53. The van der Waals surface area contributed by atoms with E-state index in [2.05, 4.69) is 69.5 Å². The molecule has 0 aliphatic heterocycles. The molecule has 0 amide bonds. The fraction of sp³-hybridized carbons (Fsp3) is 0.238. The third-order valence-electron chi connectivity index (χ3n) is 4.07. The van der Waals surface area contributed by atoms with E-state index in [0.717, 1.165) is 38.9 Å². The zero-order valence-electron chi connectivity index (χ0n) is 15.2. The summed E-state index contributed by atoms with van der Waals surface area (Å²) in [6, 6.07) is 14.4. The molecule has 0 radical (unpaired) electrons. The van der Waals surface area contributed by atoms with Crippen molar-refractivity contribution in [2.75, 3.05) is 19.4 Å². The van der Waals surface area contributed by atoms with E-state index in [9.17, 15) is 4.79 Å². The number of hydrogen-bond donors (Lipinski definition) is 1. The summed E-state index contributed by atoms with van der Waals surface area (Å²) in [5.41, 5.74) is 4.98. The molecule has 3 aromatic rings. The second kappa shape index (κ2) is 7.98. The number of carbonyl (C=O) groups excluding carboxylic acids is 1. The summed E-state index contributed by atoms with van der Waals surface area (Å²) in [6.07, 6.45) is 2.15. The minimum absolute atomic E-state index is 0.116. The molecule has 0 fully saturated rings. The molecule has 0 bridgehead atoms. The maximum Gasteiger partial charge on any atom is 0.134 e. The van der Waals surface area contributed by atoms with Gasteiger partial charge >= 0.3 is 0 Å². The first kappa shape index (κ1) is 18.5. The predicted octanol–water partition coefficient (Wildman–Crippen LogP) is 4.93. The van der Waals surface area contributed by atoms with Gasteiger partial charge in [0, 0.05) is 40.3 Å². The van der Waals surface area contributed by atoms with Gasteiger partial charge < -0.3 is 10.2 Å². The number of aromatic nitrogens is 1. The van der Waals surface area contributed by atoms with Crippen LogP contribution in [0.2, 0.25) is 0 Å². The van der Waals surface area contributed by atoms with Crippen LogP contribution < -0.4 is 5.32 Å². The number of rotatable bonds is 6. The molecule has 0 unspecified atom stereocenters. The van der Waals surface area contributed by atoms with Crippen LogP contribution in [0.25, 0.3) is 10.9 Å². The Morgan fingerprint density at radius 1 is 1.15 bits per heavy atom. The third-order valence-corrected chi connectivity index (χ3v) is 4.56. The lowest BCUT2D eigenvalue weighted by molar-refractivity contribution is -0.116. The molecule has 2 aromatic carbocycles. The van der Waals surface area contributed by atoms with Crippen molar-refractivity contribution >= 4 is 44.0 Å². The van der Waals surface area contributed by atoms with Gasteiger partial charge in [0.2, 0.25) is 0 Å². The summed E-state index contributed by atoms with van der Waals surface area (Å²) in [6.45, 7) is 2.51. The Morgan fingerprint density at radius 2 is 1.88 bits per heavy atom. The molecule has 5 heteroatoms. The molecule has 0 aliphatic carbocycles. The van der Waals surface area contributed by atoms with Gasteiger partial charge in [-0.15, -0.1) is 0 Å². The fourth-order valence-corrected chi connectivity index (χ4v) is 3.32.